The molecule has 0 atom stereocenters. The van der Waals surface area contributed by atoms with Crippen molar-refractivity contribution in [3.63, 3.8) is 0 Å². The number of hydrogen-bond acceptors (Lipinski definition) is 3. The van der Waals surface area contributed by atoms with Crippen LogP contribution in [0.25, 0.3) is 0 Å². The number of para-hydroxylation sites is 1. The van der Waals surface area contributed by atoms with Gasteiger partial charge < -0.3 is 16.0 Å². The lowest BCUT2D eigenvalue weighted by Gasteiger charge is -2.18. The highest BCUT2D eigenvalue weighted by Gasteiger charge is 2.14. The molecule has 0 bridgehead atoms. The molecule has 5 nitrogen and oxygen atoms in total. The molecule has 2 amide bonds. The van der Waals surface area contributed by atoms with Gasteiger partial charge in [0.2, 0.25) is 0 Å². The summed E-state index contributed by atoms with van der Waals surface area (Å²) >= 11 is 0. The summed E-state index contributed by atoms with van der Waals surface area (Å²) in [6.07, 6.45) is 0. The predicted octanol–water partition coefficient (Wildman–Crippen LogP) is 3.82. The largest absolute Gasteiger partial charge is 0.352 e. The molecule has 0 spiro atoms. The first-order valence-electron chi connectivity index (χ1n) is 9.28. The van der Waals surface area contributed by atoms with Crippen LogP contribution in [-0.4, -0.2) is 24.9 Å². The van der Waals surface area contributed by atoms with Crippen molar-refractivity contribution < 1.29 is 9.59 Å². The van der Waals surface area contributed by atoms with E-state index in [0.717, 1.165) is 17.8 Å². The molecular formula is C22H29N3O2. The second kappa shape index (κ2) is 9.33. The quantitative estimate of drug-likeness (QED) is 0.697. The molecule has 3 N–H and O–H groups in total. The van der Waals surface area contributed by atoms with Crippen LogP contribution in [0.3, 0.4) is 0 Å². The van der Waals surface area contributed by atoms with Gasteiger partial charge in [-0.25, -0.2) is 0 Å². The zero-order valence-electron chi connectivity index (χ0n) is 16.6. The lowest BCUT2D eigenvalue weighted by Crippen LogP contribution is -2.32. The number of rotatable bonds is 7. The Balaban J connectivity index is 2.03. The van der Waals surface area contributed by atoms with Gasteiger partial charge in [0, 0.05) is 29.9 Å². The first-order chi connectivity index (χ1) is 12.8. The van der Waals surface area contributed by atoms with Crippen LogP contribution in [0.1, 0.15) is 54.0 Å². The lowest BCUT2D eigenvalue weighted by atomic mass is 9.97. The van der Waals surface area contributed by atoms with Crippen molar-refractivity contribution in [2.75, 3.05) is 18.4 Å². The monoisotopic (exact) mass is 367 g/mol. The maximum absolute atomic E-state index is 12.5. The van der Waals surface area contributed by atoms with Gasteiger partial charge in [-0.15, -0.1) is 0 Å². The Labute approximate surface area is 161 Å². The Morgan fingerprint density at radius 2 is 1.48 bits per heavy atom. The van der Waals surface area contributed by atoms with Gasteiger partial charge in [-0.2, -0.15) is 0 Å². The van der Waals surface area contributed by atoms with E-state index >= 15 is 0 Å². The molecule has 0 fully saturated rings. The van der Waals surface area contributed by atoms with Crippen LogP contribution in [0.15, 0.2) is 48.5 Å². The van der Waals surface area contributed by atoms with Gasteiger partial charge >= 0.3 is 0 Å². The fourth-order valence-electron chi connectivity index (χ4n) is 2.47. The molecule has 5 heteroatoms. The fourth-order valence-corrected chi connectivity index (χ4v) is 2.47. The zero-order valence-corrected chi connectivity index (χ0v) is 16.6. The van der Waals surface area contributed by atoms with E-state index in [4.69, 9.17) is 0 Å². The minimum Gasteiger partial charge on any atom is -0.352 e. The number of anilines is 1. The van der Waals surface area contributed by atoms with Crippen molar-refractivity contribution in [3.8, 4) is 0 Å². The average Bonchev–Trinajstić information content (AvgIpc) is 2.65. The lowest BCUT2D eigenvalue weighted by molar-refractivity contribution is 0.0938. The first-order valence-corrected chi connectivity index (χ1v) is 9.28. The van der Waals surface area contributed by atoms with Crippen LogP contribution < -0.4 is 16.0 Å². The maximum Gasteiger partial charge on any atom is 0.255 e. The normalized spacial score (nSPS) is 11.1. The van der Waals surface area contributed by atoms with Crippen molar-refractivity contribution in [2.24, 2.45) is 5.41 Å². The smallest absolute Gasteiger partial charge is 0.255 e. The van der Waals surface area contributed by atoms with E-state index in [0.29, 0.717) is 24.2 Å². The number of nitrogens with one attached hydrogen (secondary N) is 3. The van der Waals surface area contributed by atoms with Gasteiger partial charge in [-0.05, 0) is 47.9 Å². The summed E-state index contributed by atoms with van der Waals surface area (Å²) in [6, 6.07) is 14.4. The molecule has 0 radical (unpaired) electrons. The summed E-state index contributed by atoms with van der Waals surface area (Å²) in [6.45, 7) is 10.4. The molecule has 0 saturated carbocycles. The van der Waals surface area contributed by atoms with Gasteiger partial charge in [-0.3, -0.25) is 9.59 Å². The molecule has 27 heavy (non-hydrogen) atoms. The third-order valence-electron chi connectivity index (χ3n) is 4.02. The van der Waals surface area contributed by atoms with Crippen LogP contribution >= 0.6 is 0 Å². The molecule has 0 aliphatic heterocycles. The second-order valence-corrected chi connectivity index (χ2v) is 7.71. The summed E-state index contributed by atoms with van der Waals surface area (Å²) in [5.41, 5.74) is 2.90. The SMILES string of the molecule is CCNCc1ccccc1NC(=O)c1ccc(C(=O)NCC(C)(C)C)cc1. The Morgan fingerprint density at radius 3 is 2.07 bits per heavy atom. The van der Waals surface area contributed by atoms with Crippen LogP contribution in [0.4, 0.5) is 5.69 Å². The number of hydrogen-bond donors (Lipinski definition) is 3. The van der Waals surface area contributed by atoms with Gasteiger partial charge in [0.1, 0.15) is 0 Å². The van der Waals surface area contributed by atoms with E-state index in [-0.39, 0.29) is 17.2 Å². The average molecular weight is 367 g/mol. The van der Waals surface area contributed by atoms with Gasteiger partial charge in [0.05, 0.1) is 0 Å². The van der Waals surface area contributed by atoms with Gasteiger partial charge in [0.25, 0.3) is 11.8 Å². The third-order valence-corrected chi connectivity index (χ3v) is 4.02. The van der Waals surface area contributed by atoms with Crippen molar-refractivity contribution in [3.05, 3.63) is 65.2 Å². The second-order valence-electron chi connectivity index (χ2n) is 7.71. The highest BCUT2D eigenvalue weighted by Crippen LogP contribution is 2.17. The summed E-state index contributed by atoms with van der Waals surface area (Å²) in [7, 11) is 0. The Morgan fingerprint density at radius 1 is 0.889 bits per heavy atom. The van der Waals surface area contributed by atoms with Crippen molar-refractivity contribution in [1.29, 1.82) is 0 Å². The molecule has 0 heterocycles. The molecule has 0 aliphatic rings. The topological polar surface area (TPSA) is 70.2 Å². The zero-order chi connectivity index (χ0) is 19.9. The van der Waals surface area contributed by atoms with Crippen LogP contribution in [0.5, 0.6) is 0 Å². The molecule has 2 aromatic rings. The number of carbonyl (C=O) groups is 2. The van der Waals surface area contributed by atoms with Gasteiger partial charge in [-0.1, -0.05) is 45.9 Å². The van der Waals surface area contributed by atoms with Crippen LogP contribution in [0.2, 0.25) is 0 Å². The number of amides is 2. The summed E-state index contributed by atoms with van der Waals surface area (Å²) < 4.78 is 0. The van der Waals surface area contributed by atoms with Crippen molar-refractivity contribution in [1.82, 2.24) is 10.6 Å². The summed E-state index contributed by atoms with van der Waals surface area (Å²) in [4.78, 5) is 24.7. The third kappa shape index (κ3) is 6.53. The van der Waals surface area contributed by atoms with Crippen LogP contribution in [-0.2, 0) is 6.54 Å². The minimum atomic E-state index is -0.194. The van der Waals surface area contributed by atoms with E-state index in [1.54, 1.807) is 24.3 Å². The molecule has 0 unspecified atom stereocenters. The molecular weight excluding hydrogens is 338 g/mol. The predicted molar refractivity (Wildman–Crippen MR) is 110 cm³/mol. The number of carbonyl (C=O) groups excluding carboxylic acids is 2. The highest BCUT2D eigenvalue weighted by atomic mass is 16.2. The van der Waals surface area contributed by atoms with E-state index in [2.05, 4.69) is 36.7 Å². The Bertz CT molecular complexity index is 777. The van der Waals surface area contributed by atoms with Crippen molar-refractivity contribution in [2.45, 2.75) is 34.2 Å². The standard InChI is InChI=1S/C22H29N3O2/c1-5-23-14-18-8-6-7-9-19(18)25-21(27)17-12-10-16(11-13-17)20(26)24-15-22(2,3)4/h6-13,23H,5,14-15H2,1-4H3,(H,24,26)(H,25,27). The Kier molecular flexibility index (Phi) is 7.13. The van der Waals surface area contributed by atoms with E-state index in [9.17, 15) is 9.59 Å². The van der Waals surface area contributed by atoms with E-state index < -0.39 is 0 Å². The highest BCUT2D eigenvalue weighted by molar-refractivity contribution is 6.05. The summed E-state index contributed by atoms with van der Waals surface area (Å²) in [5.74, 6) is -0.325. The summed E-state index contributed by atoms with van der Waals surface area (Å²) in [5, 5.41) is 9.12. The number of benzene rings is 2. The van der Waals surface area contributed by atoms with Gasteiger partial charge in [0.15, 0.2) is 0 Å². The Hall–Kier alpha value is -2.66. The van der Waals surface area contributed by atoms with E-state index in [1.165, 1.54) is 0 Å². The molecule has 2 rings (SSSR count). The molecule has 0 aliphatic carbocycles. The maximum atomic E-state index is 12.5. The fraction of sp³-hybridized carbons (Fsp3) is 0.364. The molecule has 0 aromatic heterocycles. The molecule has 144 valence electrons. The molecule has 0 saturated heterocycles. The van der Waals surface area contributed by atoms with Crippen LogP contribution in [0, 0.1) is 5.41 Å². The first kappa shape index (κ1) is 20.6. The van der Waals surface area contributed by atoms with Crippen molar-refractivity contribution >= 4 is 17.5 Å². The molecule has 2 aromatic carbocycles. The van der Waals surface area contributed by atoms with E-state index in [1.807, 2.05) is 31.2 Å². The minimum absolute atomic E-state index is 0.0233.